The van der Waals surface area contributed by atoms with E-state index in [4.69, 9.17) is 9.15 Å². The second-order valence-corrected chi connectivity index (χ2v) is 5.14. The van der Waals surface area contributed by atoms with Gasteiger partial charge in [-0.25, -0.2) is 9.97 Å². The summed E-state index contributed by atoms with van der Waals surface area (Å²) >= 11 is 0. The molecule has 4 rings (SSSR count). The number of hydrogen-bond donors (Lipinski definition) is 1. The fourth-order valence-corrected chi connectivity index (χ4v) is 2.68. The van der Waals surface area contributed by atoms with Gasteiger partial charge in [0.1, 0.15) is 17.7 Å². The van der Waals surface area contributed by atoms with Crippen LogP contribution in [-0.4, -0.2) is 26.9 Å². The molecule has 0 spiro atoms. The third-order valence-electron chi connectivity index (χ3n) is 3.77. The van der Waals surface area contributed by atoms with Crippen LogP contribution in [0.2, 0.25) is 0 Å². The quantitative estimate of drug-likeness (QED) is 0.624. The number of anilines is 1. The highest BCUT2D eigenvalue weighted by atomic mass is 16.5. The first kappa shape index (κ1) is 13.6. The maximum Gasteiger partial charge on any atom is 0.169 e. The van der Waals surface area contributed by atoms with Gasteiger partial charge in [-0.3, -0.25) is 4.68 Å². The van der Waals surface area contributed by atoms with Crippen LogP contribution in [0.25, 0.3) is 22.0 Å². The normalized spacial score (nSPS) is 11.2. The molecule has 0 saturated carbocycles. The van der Waals surface area contributed by atoms with Crippen molar-refractivity contribution in [3.63, 3.8) is 0 Å². The SMILES string of the molecule is COc1c(CNc2ncnc3c2cnn3C)oc2ccccc12. The third kappa shape index (κ3) is 2.17. The Morgan fingerprint density at radius 3 is 2.96 bits per heavy atom. The second kappa shape index (κ2) is 5.28. The van der Waals surface area contributed by atoms with Gasteiger partial charge in [0, 0.05) is 7.05 Å². The van der Waals surface area contributed by atoms with E-state index < -0.39 is 0 Å². The molecule has 0 bridgehead atoms. The Hall–Kier alpha value is -3.09. The van der Waals surface area contributed by atoms with E-state index in [-0.39, 0.29) is 0 Å². The molecular weight excluding hydrogens is 294 g/mol. The van der Waals surface area contributed by atoms with E-state index in [1.807, 2.05) is 31.3 Å². The molecule has 3 heterocycles. The molecular formula is C16H15N5O2. The monoisotopic (exact) mass is 309 g/mol. The fourth-order valence-electron chi connectivity index (χ4n) is 2.68. The van der Waals surface area contributed by atoms with Gasteiger partial charge >= 0.3 is 0 Å². The number of hydrogen-bond acceptors (Lipinski definition) is 6. The van der Waals surface area contributed by atoms with E-state index >= 15 is 0 Å². The lowest BCUT2D eigenvalue weighted by atomic mass is 10.2. The van der Waals surface area contributed by atoms with E-state index in [2.05, 4.69) is 20.4 Å². The number of benzene rings is 1. The van der Waals surface area contributed by atoms with Gasteiger partial charge in [-0.05, 0) is 12.1 Å². The fraction of sp³-hybridized carbons (Fsp3) is 0.188. The molecule has 1 N–H and O–H groups in total. The minimum absolute atomic E-state index is 0.457. The van der Waals surface area contributed by atoms with Gasteiger partial charge in [0.25, 0.3) is 0 Å². The van der Waals surface area contributed by atoms with Crippen LogP contribution in [0.5, 0.6) is 5.75 Å². The van der Waals surface area contributed by atoms with Gasteiger partial charge in [0.2, 0.25) is 0 Å². The van der Waals surface area contributed by atoms with Crippen LogP contribution in [0.1, 0.15) is 5.76 Å². The molecule has 116 valence electrons. The number of nitrogens with one attached hydrogen (secondary N) is 1. The number of aryl methyl sites for hydroxylation is 1. The van der Waals surface area contributed by atoms with Crippen molar-refractivity contribution in [2.45, 2.75) is 6.54 Å². The lowest BCUT2D eigenvalue weighted by Gasteiger charge is -2.06. The van der Waals surface area contributed by atoms with Crippen LogP contribution < -0.4 is 10.1 Å². The van der Waals surface area contributed by atoms with Crippen LogP contribution in [0, 0.1) is 0 Å². The number of para-hydroxylation sites is 1. The zero-order chi connectivity index (χ0) is 15.8. The average Bonchev–Trinajstić information content (AvgIpc) is 3.13. The summed E-state index contributed by atoms with van der Waals surface area (Å²) in [6.07, 6.45) is 3.26. The van der Waals surface area contributed by atoms with Gasteiger partial charge in [-0.2, -0.15) is 5.10 Å². The number of rotatable bonds is 4. The molecule has 3 aromatic heterocycles. The topological polar surface area (TPSA) is 78.0 Å². The van der Waals surface area contributed by atoms with Crippen molar-refractivity contribution < 1.29 is 9.15 Å². The molecule has 0 unspecified atom stereocenters. The van der Waals surface area contributed by atoms with Gasteiger partial charge in [0.15, 0.2) is 17.2 Å². The van der Waals surface area contributed by atoms with Crippen LogP contribution in [0.15, 0.2) is 41.2 Å². The molecule has 23 heavy (non-hydrogen) atoms. The predicted octanol–water partition coefficient (Wildman–Crippen LogP) is 2.73. The van der Waals surface area contributed by atoms with E-state index in [0.717, 1.165) is 33.5 Å². The summed E-state index contributed by atoms with van der Waals surface area (Å²) in [6.45, 7) is 0.457. The van der Waals surface area contributed by atoms with Crippen LogP contribution in [0.4, 0.5) is 5.82 Å². The molecule has 0 fully saturated rings. The lowest BCUT2D eigenvalue weighted by molar-refractivity contribution is 0.398. The largest absolute Gasteiger partial charge is 0.492 e. The van der Waals surface area contributed by atoms with E-state index in [1.54, 1.807) is 18.0 Å². The smallest absolute Gasteiger partial charge is 0.169 e. The van der Waals surface area contributed by atoms with E-state index in [1.165, 1.54) is 6.33 Å². The Balaban J connectivity index is 1.68. The number of fused-ring (bicyclic) bond motifs is 2. The molecule has 0 atom stereocenters. The molecule has 0 aliphatic rings. The summed E-state index contributed by atoms with van der Waals surface area (Å²) in [6, 6.07) is 7.80. The first-order valence-corrected chi connectivity index (χ1v) is 7.19. The van der Waals surface area contributed by atoms with Crippen molar-refractivity contribution in [3.8, 4) is 5.75 Å². The summed E-state index contributed by atoms with van der Waals surface area (Å²) in [4.78, 5) is 8.51. The van der Waals surface area contributed by atoms with Crippen molar-refractivity contribution in [3.05, 3.63) is 42.5 Å². The molecule has 7 nitrogen and oxygen atoms in total. The van der Waals surface area contributed by atoms with Gasteiger partial charge in [0.05, 0.1) is 30.6 Å². The van der Waals surface area contributed by atoms with Gasteiger partial charge in [-0.1, -0.05) is 12.1 Å². The van der Waals surface area contributed by atoms with Crippen molar-refractivity contribution in [2.24, 2.45) is 7.05 Å². The highest BCUT2D eigenvalue weighted by Gasteiger charge is 2.15. The minimum Gasteiger partial charge on any atom is -0.492 e. The Bertz CT molecular complexity index is 989. The molecule has 4 aromatic rings. The van der Waals surface area contributed by atoms with Gasteiger partial charge < -0.3 is 14.5 Å². The molecule has 7 heteroatoms. The highest BCUT2D eigenvalue weighted by Crippen LogP contribution is 2.33. The summed E-state index contributed by atoms with van der Waals surface area (Å²) < 4.78 is 13.1. The van der Waals surface area contributed by atoms with Crippen molar-refractivity contribution in [2.75, 3.05) is 12.4 Å². The molecule has 0 aliphatic heterocycles. The van der Waals surface area contributed by atoms with Crippen LogP contribution >= 0.6 is 0 Å². The minimum atomic E-state index is 0.457. The summed E-state index contributed by atoms with van der Waals surface area (Å²) in [5.74, 6) is 2.18. The van der Waals surface area contributed by atoms with Crippen molar-refractivity contribution >= 4 is 27.8 Å². The Morgan fingerprint density at radius 1 is 1.22 bits per heavy atom. The number of ether oxygens (including phenoxy) is 1. The maximum atomic E-state index is 5.88. The Labute approximate surface area is 131 Å². The molecule has 0 amide bonds. The zero-order valence-electron chi connectivity index (χ0n) is 12.8. The first-order valence-electron chi connectivity index (χ1n) is 7.19. The van der Waals surface area contributed by atoms with Gasteiger partial charge in [-0.15, -0.1) is 0 Å². The highest BCUT2D eigenvalue weighted by molar-refractivity contribution is 5.87. The molecule has 0 saturated heterocycles. The Morgan fingerprint density at radius 2 is 2.09 bits per heavy atom. The average molecular weight is 309 g/mol. The Kier molecular flexibility index (Phi) is 3.11. The summed E-state index contributed by atoms with van der Waals surface area (Å²) in [7, 11) is 3.49. The summed E-state index contributed by atoms with van der Waals surface area (Å²) in [5.41, 5.74) is 1.58. The zero-order valence-corrected chi connectivity index (χ0v) is 12.8. The lowest BCUT2D eigenvalue weighted by Crippen LogP contribution is -2.03. The molecule has 0 radical (unpaired) electrons. The third-order valence-corrected chi connectivity index (χ3v) is 3.77. The standard InChI is InChI=1S/C16H15N5O2/c1-21-16-11(7-20-21)15(18-9-19-16)17-8-13-14(22-2)10-5-3-4-6-12(10)23-13/h3-7,9H,8H2,1-2H3,(H,17,18,19). The van der Waals surface area contributed by atoms with Crippen LogP contribution in [0.3, 0.4) is 0 Å². The molecule has 1 aromatic carbocycles. The molecule has 0 aliphatic carbocycles. The summed E-state index contributed by atoms with van der Waals surface area (Å²) in [5, 5.41) is 9.31. The van der Waals surface area contributed by atoms with E-state index in [0.29, 0.717) is 12.4 Å². The first-order chi connectivity index (χ1) is 11.3. The number of aromatic nitrogens is 4. The van der Waals surface area contributed by atoms with Crippen molar-refractivity contribution in [1.29, 1.82) is 0 Å². The number of furan rings is 1. The van der Waals surface area contributed by atoms with E-state index in [9.17, 15) is 0 Å². The van der Waals surface area contributed by atoms with Crippen LogP contribution in [-0.2, 0) is 13.6 Å². The number of nitrogens with zero attached hydrogens (tertiary/aromatic N) is 4. The maximum absolute atomic E-state index is 5.88. The van der Waals surface area contributed by atoms with Crippen molar-refractivity contribution in [1.82, 2.24) is 19.7 Å². The predicted molar refractivity (Wildman–Crippen MR) is 86.4 cm³/mol. The number of methoxy groups -OCH3 is 1. The second-order valence-electron chi connectivity index (χ2n) is 5.14.